The molecule has 1 amide bonds. The Hall–Kier alpha value is -1.09. The number of carbonyl (C=O) groups is 1. The van der Waals surface area contributed by atoms with Crippen LogP contribution in [0.3, 0.4) is 0 Å². The molecule has 0 aliphatic carbocycles. The maximum Gasteiger partial charge on any atom is 0.255 e. The molecule has 1 aromatic rings. The number of aryl methyl sites for hydroxylation is 1. The molecule has 0 spiro atoms. The van der Waals surface area contributed by atoms with Crippen molar-refractivity contribution >= 4 is 21.8 Å². The molecule has 0 aromatic heterocycles. The molecule has 92 valence electrons. The molecule has 0 aliphatic heterocycles. The van der Waals surface area contributed by atoms with Crippen molar-refractivity contribution in [2.24, 2.45) is 0 Å². The van der Waals surface area contributed by atoms with Gasteiger partial charge in [-0.2, -0.15) is 0 Å². The number of amides is 1. The van der Waals surface area contributed by atoms with Crippen LogP contribution in [0.2, 0.25) is 0 Å². The topological polar surface area (TPSA) is 20.3 Å². The maximum absolute atomic E-state index is 12.4. The van der Waals surface area contributed by atoms with Crippen LogP contribution >= 0.6 is 15.9 Å². The van der Waals surface area contributed by atoms with E-state index >= 15 is 0 Å². The molecule has 3 heteroatoms. The van der Waals surface area contributed by atoms with Gasteiger partial charge in [-0.3, -0.25) is 4.79 Å². The minimum absolute atomic E-state index is 0.0375. The number of rotatable bonds is 4. The molecule has 0 aliphatic rings. The van der Waals surface area contributed by atoms with Crippen molar-refractivity contribution in [1.29, 1.82) is 0 Å². The van der Waals surface area contributed by atoms with E-state index in [0.717, 1.165) is 10.0 Å². The Balaban J connectivity index is 3.08. The predicted molar refractivity (Wildman–Crippen MR) is 75.2 cm³/mol. The summed E-state index contributed by atoms with van der Waals surface area (Å²) in [6.07, 6.45) is 1.75. The van der Waals surface area contributed by atoms with Gasteiger partial charge < -0.3 is 4.90 Å². The van der Waals surface area contributed by atoms with Crippen molar-refractivity contribution in [1.82, 2.24) is 4.90 Å². The summed E-state index contributed by atoms with van der Waals surface area (Å²) >= 11 is 3.43. The van der Waals surface area contributed by atoms with E-state index in [4.69, 9.17) is 0 Å². The van der Waals surface area contributed by atoms with Crippen molar-refractivity contribution in [2.45, 2.75) is 26.8 Å². The first-order valence-corrected chi connectivity index (χ1v) is 6.44. The van der Waals surface area contributed by atoms with Crippen LogP contribution in [0.25, 0.3) is 0 Å². The molecule has 1 aromatic carbocycles. The molecule has 0 saturated carbocycles. The standard InChI is InChI=1S/C14H18BrNO/c1-5-8-16(10(2)3)14(17)12-9-11(4)6-7-13(12)15/h5-7,9-10H,1,8H2,2-4H3. The summed E-state index contributed by atoms with van der Waals surface area (Å²) in [7, 11) is 0. The number of carbonyl (C=O) groups excluding carboxylic acids is 1. The monoisotopic (exact) mass is 295 g/mol. The number of hydrogen-bond acceptors (Lipinski definition) is 1. The predicted octanol–water partition coefficient (Wildman–Crippen LogP) is 3.79. The van der Waals surface area contributed by atoms with Crippen LogP contribution in [-0.2, 0) is 0 Å². The fourth-order valence-corrected chi connectivity index (χ4v) is 2.04. The molecule has 0 unspecified atom stereocenters. The van der Waals surface area contributed by atoms with E-state index in [9.17, 15) is 4.79 Å². The van der Waals surface area contributed by atoms with Gasteiger partial charge in [-0.05, 0) is 48.8 Å². The molecule has 17 heavy (non-hydrogen) atoms. The zero-order valence-corrected chi connectivity index (χ0v) is 12.1. The van der Waals surface area contributed by atoms with E-state index in [-0.39, 0.29) is 11.9 Å². The van der Waals surface area contributed by atoms with E-state index in [1.54, 1.807) is 11.0 Å². The molecule has 0 saturated heterocycles. The highest BCUT2D eigenvalue weighted by molar-refractivity contribution is 9.10. The van der Waals surface area contributed by atoms with Crippen molar-refractivity contribution in [3.8, 4) is 0 Å². The Morgan fingerprint density at radius 2 is 2.18 bits per heavy atom. The Morgan fingerprint density at radius 1 is 1.53 bits per heavy atom. The normalized spacial score (nSPS) is 10.4. The van der Waals surface area contributed by atoms with Crippen LogP contribution in [-0.4, -0.2) is 23.4 Å². The van der Waals surface area contributed by atoms with Crippen LogP contribution in [0.4, 0.5) is 0 Å². The molecule has 0 radical (unpaired) electrons. The third-order valence-electron chi connectivity index (χ3n) is 2.56. The third kappa shape index (κ3) is 3.43. The summed E-state index contributed by atoms with van der Waals surface area (Å²) in [4.78, 5) is 14.2. The lowest BCUT2D eigenvalue weighted by Gasteiger charge is -2.26. The Morgan fingerprint density at radius 3 is 2.71 bits per heavy atom. The van der Waals surface area contributed by atoms with E-state index < -0.39 is 0 Å². The highest BCUT2D eigenvalue weighted by Gasteiger charge is 2.19. The zero-order chi connectivity index (χ0) is 13.0. The SMILES string of the molecule is C=CCN(C(=O)c1cc(C)ccc1Br)C(C)C. The molecule has 2 nitrogen and oxygen atoms in total. The Labute approximate surface area is 111 Å². The average molecular weight is 296 g/mol. The quantitative estimate of drug-likeness (QED) is 0.774. The van der Waals surface area contributed by atoms with Crippen LogP contribution in [0, 0.1) is 6.92 Å². The van der Waals surface area contributed by atoms with Crippen molar-refractivity contribution in [3.05, 3.63) is 46.5 Å². The van der Waals surface area contributed by atoms with E-state index in [1.807, 2.05) is 39.0 Å². The van der Waals surface area contributed by atoms with Gasteiger partial charge in [0.05, 0.1) is 5.56 Å². The first-order valence-electron chi connectivity index (χ1n) is 5.65. The molecule has 0 heterocycles. The Bertz CT molecular complexity index is 426. The Kier molecular flexibility index (Phi) is 4.94. The summed E-state index contributed by atoms with van der Waals surface area (Å²) in [5.41, 5.74) is 1.79. The van der Waals surface area contributed by atoms with Crippen LogP contribution < -0.4 is 0 Å². The second-order valence-electron chi connectivity index (χ2n) is 4.32. The fourth-order valence-electron chi connectivity index (χ4n) is 1.63. The minimum atomic E-state index is 0.0375. The van der Waals surface area contributed by atoms with Gasteiger partial charge in [0.2, 0.25) is 0 Å². The molecule has 0 bridgehead atoms. The van der Waals surface area contributed by atoms with Gasteiger partial charge in [0.25, 0.3) is 5.91 Å². The number of nitrogens with zero attached hydrogens (tertiary/aromatic N) is 1. The minimum Gasteiger partial charge on any atom is -0.332 e. The summed E-state index contributed by atoms with van der Waals surface area (Å²) in [5, 5.41) is 0. The summed E-state index contributed by atoms with van der Waals surface area (Å²) in [6, 6.07) is 5.96. The maximum atomic E-state index is 12.4. The van der Waals surface area contributed by atoms with Gasteiger partial charge in [0, 0.05) is 17.1 Å². The molecule has 0 N–H and O–H groups in total. The second kappa shape index (κ2) is 6.01. The lowest BCUT2D eigenvalue weighted by Crippen LogP contribution is -2.37. The lowest BCUT2D eigenvalue weighted by molar-refractivity contribution is 0.0727. The van der Waals surface area contributed by atoms with Gasteiger partial charge in [0.1, 0.15) is 0 Å². The highest BCUT2D eigenvalue weighted by Crippen LogP contribution is 2.20. The van der Waals surface area contributed by atoms with E-state index in [0.29, 0.717) is 12.1 Å². The molecular weight excluding hydrogens is 278 g/mol. The number of benzene rings is 1. The second-order valence-corrected chi connectivity index (χ2v) is 5.18. The smallest absolute Gasteiger partial charge is 0.255 e. The molecule has 0 atom stereocenters. The van der Waals surface area contributed by atoms with Crippen molar-refractivity contribution < 1.29 is 4.79 Å². The lowest BCUT2D eigenvalue weighted by atomic mass is 10.1. The fraction of sp³-hybridized carbons (Fsp3) is 0.357. The summed E-state index contributed by atoms with van der Waals surface area (Å²) in [6.45, 7) is 10.3. The summed E-state index contributed by atoms with van der Waals surface area (Å²) < 4.78 is 0.836. The van der Waals surface area contributed by atoms with Gasteiger partial charge >= 0.3 is 0 Å². The molecule has 1 rings (SSSR count). The largest absolute Gasteiger partial charge is 0.332 e. The van der Waals surface area contributed by atoms with Gasteiger partial charge in [0.15, 0.2) is 0 Å². The number of halogens is 1. The summed E-state index contributed by atoms with van der Waals surface area (Å²) in [5.74, 6) is 0.0375. The van der Waals surface area contributed by atoms with Crippen LogP contribution in [0.1, 0.15) is 29.8 Å². The van der Waals surface area contributed by atoms with Gasteiger partial charge in [-0.25, -0.2) is 0 Å². The van der Waals surface area contributed by atoms with E-state index in [2.05, 4.69) is 22.5 Å². The first-order chi connectivity index (χ1) is 7.97. The van der Waals surface area contributed by atoms with Gasteiger partial charge in [-0.1, -0.05) is 17.7 Å². The first kappa shape index (κ1) is 14.0. The van der Waals surface area contributed by atoms with Gasteiger partial charge in [-0.15, -0.1) is 6.58 Å². The number of hydrogen-bond donors (Lipinski definition) is 0. The van der Waals surface area contributed by atoms with Crippen LogP contribution in [0.15, 0.2) is 35.3 Å². The van der Waals surface area contributed by atoms with Crippen molar-refractivity contribution in [3.63, 3.8) is 0 Å². The zero-order valence-electron chi connectivity index (χ0n) is 10.5. The molecule has 0 fully saturated rings. The average Bonchev–Trinajstić information content (AvgIpc) is 2.28. The molecular formula is C14H18BrNO. The van der Waals surface area contributed by atoms with Crippen molar-refractivity contribution in [2.75, 3.05) is 6.54 Å². The van der Waals surface area contributed by atoms with E-state index in [1.165, 1.54) is 0 Å². The highest BCUT2D eigenvalue weighted by atomic mass is 79.9. The third-order valence-corrected chi connectivity index (χ3v) is 3.25. The van der Waals surface area contributed by atoms with Crippen LogP contribution in [0.5, 0.6) is 0 Å².